The van der Waals surface area contributed by atoms with Crippen LogP contribution < -0.4 is 0 Å². The van der Waals surface area contributed by atoms with Crippen LogP contribution in [0.4, 0.5) is 13.2 Å². The molecule has 0 radical (unpaired) electrons. The molecule has 1 heterocycles. The molecule has 5 heteroatoms. The Hall–Kier alpha value is -1.05. The highest BCUT2D eigenvalue weighted by Crippen LogP contribution is 2.35. The molecule has 0 bridgehead atoms. The predicted octanol–water partition coefficient (Wildman–Crippen LogP) is 1.78. The highest BCUT2D eigenvalue weighted by Gasteiger charge is 2.44. The lowest BCUT2D eigenvalue weighted by Gasteiger charge is -2.24. The second kappa shape index (κ2) is 3.13. The SMILES string of the molecule is N#CC1C=NCCC1C(F)(F)F. The molecule has 1 aliphatic heterocycles. The molecule has 0 aliphatic carbocycles. The van der Waals surface area contributed by atoms with Gasteiger partial charge in [0.25, 0.3) is 0 Å². The summed E-state index contributed by atoms with van der Waals surface area (Å²) in [5, 5.41) is 8.38. The third-order valence-electron chi connectivity index (χ3n) is 1.84. The van der Waals surface area contributed by atoms with Crippen LogP contribution in [0.3, 0.4) is 0 Å². The summed E-state index contributed by atoms with van der Waals surface area (Å²) in [6.45, 7) is 0.169. The van der Waals surface area contributed by atoms with Crippen molar-refractivity contribution >= 4 is 6.21 Å². The lowest BCUT2D eigenvalue weighted by molar-refractivity contribution is -0.180. The zero-order valence-electron chi connectivity index (χ0n) is 6.17. The van der Waals surface area contributed by atoms with Gasteiger partial charge >= 0.3 is 6.18 Å². The van der Waals surface area contributed by atoms with Crippen molar-refractivity contribution in [3.63, 3.8) is 0 Å². The number of aliphatic imine (C=N–C) groups is 1. The van der Waals surface area contributed by atoms with E-state index in [0.29, 0.717) is 0 Å². The maximum Gasteiger partial charge on any atom is 0.393 e. The Morgan fingerprint density at radius 1 is 1.50 bits per heavy atom. The lowest BCUT2D eigenvalue weighted by atomic mass is 9.89. The number of rotatable bonds is 0. The molecule has 2 atom stereocenters. The van der Waals surface area contributed by atoms with Gasteiger partial charge in [0.15, 0.2) is 0 Å². The quantitative estimate of drug-likeness (QED) is 0.554. The summed E-state index contributed by atoms with van der Waals surface area (Å²) in [5.74, 6) is -2.63. The fourth-order valence-electron chi connectivity index (χ4n) is 1.18. The monoisotopic (exact) mass is 176 g/mol. The van der Waals surface area contributed by atoms with Crippen molar-refractivity contribution in [3.05, 3.63) is 0 Å². The largest absolute Gasteiger partial charge is 0.393 e. The first-order chi connectivity index (χ1) is 5.55. The average molecular weight is 176 g/mol. The van der Waals surface area contributed by atoms with Crippen LogP contribution in [-0.4, -0.2) is 18.9 Å². The standard InChI is InChI=1S/C7H7F3N2/c8-7(9,10)6-1-2-12-4-5(6)3-11/h4-6H,1-2H2. The summed E-state index contributed by atoms with van der Waals surface area (Å²) < 4.78 is 36.5. The zero-order chi connectivity index (χ0) is 9.19. The second-order valence-corrected chi connectivity index (χ2v) is 2.65. The zero-order valence-corrected chi connectivity index (χ0v) is 6.17. The van der Waals surface area contributed by atoms with Crippen molar-refractivity contribution in [1.29, 1.82) is 5.26 Å². The maximum absolute atomic E-state index is 12.2. The lowest BCUT2D eigenvalue weighted by Crippen LogP contribution is -2.33. The summed E-state index contributed by atoms with van der Waals surface area (Å²) in [5.41, 5.74) is 0. The summed E-state index contributed by atoms with van der Waals surface area (Å²) in [7, 11) is 0. The van der Waals surface area contributed by atoms with Crippen LogP contribution in [0.2, 0.25) is 0 Å². The minimum absolute atomic E-state index is 0.0712. The average Bonchev–Trinajstić information content (AvgIpc) is 2.03. The van der Waals surface area contributed by atoms with E-state index in [2.05, 4.69) is 4.99 Å². The fraction of sp³-hybridized carbons (Fsp3) is 0.714. The van der Waals surface area contributed by atoms with E-state index in [1.54, 1.807) is 6.07 Å². The first kappa shape index (κ1) is 9.04. The van der Waals surface area contributed by atoms with Gasteiger partial charge in [-0.1, -0.05) is 0 Å². The Bertz CT molecular complexity index is 226. The number of nitrogens with zero attached hydrogens (tertiary/aromatic N) is 2. The third kappa shape index (κ3) is 1.76. The van der Waals surface area contributed by atoms with Gasteiger partial charge in [-0.2, -0.15) is 18.4 Å². The minimum atomic E-state index is -4.27. The number of alkyl halides is 3. The van der Waals surface area contributed by atoms with E-state index in [1.165, 1.54) is 0 Å². The summed E-state index contributed by atoms with van der Waals surface area (Å²) in [6, 6.07) is 1.59. The number of nitriles is 1. The first-order valence-electron chi connectivity index (χ1n) is 3.52. The van der Waals surface area contributed by atoms with Crippen LogP contribution in [0.5, 0.6) is 0 Å². The molecular formula is C7H7F3N2. The summed E-state index contributed by atoms with van der Waals surface area (Å²) in [6.07, 6.45) is -3.24. The molecule has 0 aromatic rings. The number of hydrogen-bond donors (Lipinski definition) is 0. The van der Waals surface area contributed by atoms with Gasteiger partial charge in [0.2, 0.25) is 0 Å². The minimum Gasteiger partial charge on any atom is -0.296 e. The molecule has 2 nitrogen and oxygen atoms in total. The van der Waals surface area contributed by atoms with E-state index in [0.717, 1.165) is 6.21 Å². The van der Waals surface area contributed by atoms with Gasteiger partial charge in [-0.05, 0) is 6.42 Å². The van der Waals surface area contributed by atoms with Gasteiger partial charge in [0, 0.05) is 12.8 Å². The van der Waals surface area contributed by atoms with Crippen LogP contribution in [0, 0.1) is 23.2 Å². The highest BCUT2D eigenvalue weighted by atomic mass is 19.4. The second-order valence-electron chi connectivity index (χ2n) is 2.65. The Morgan fingerprint density at radius 2 is 2.17 bits per heavy atom. The van der Waals surface area contributed by atoms with Crippen LogP contribution in [-0.2, 0) is 0 Å². The van der Waals surface area contributed by atoms with Gasteiger partial charge in [-0.3, -0.25) is 4.99 Å². The van der Waals surface area contributed by atoms with E-state index in [-0.39, 0.29) is 13.0 Å². The maximum atomic E-state index is 12.2. The Balaban J connectivity index is 2.78. The van der Waals surface area contributed by atoms with Crippen molar-refractivity contribution in [3.8, 4) is 6.07 Å². The van der Waals surface area contributed by atoms with Gasteiger partial charge in [0.1, 0.15) is 0 Å². The molecular weight excluding hydrogens is 169 g/mol. The molecule has 2 unspecified atom stereocenters. The molecule has 0 aromatic carbocycles. The van der Waals surface area contributed by atoms with E-state index < -0.39 is 18.0 Å². The fourth-order valence-corrected chi connectivity index (χ4v) is 1.18. The normalized spacial score (nSPS) is 29.8. The van der Waals surface area contributed by atoms with E-state index in [4.69, 9.17) is 5.26 Å². The van der Waals surface area contributed by atoms with Crippen LogP contribution >= 0.6 is 0 Å². The van der Waals surface area contributed by atoms with Gasteiger partial charge in [-0.15, -0.1) is 0 Å². The first-order valence-corrected chi connectivity index (χ1v) is 3.52. The van der Waals surface area contributed by atoms with Gasteiger partial charge < -0.3 is 0 Å². The van der Waals surface area contributed by atoms with Gasteiger partial charge in [0.05, 0.1) is 17.9 Å². The van der Waals surface area contributed by atoms with Crippen LogP contribution in [0.15, 0.2) is 4.99 Å². The van der Waals surface area contributed by atoms with Crippen molar-refractivity contribution in [1.82, 2.24) is 0 Å². The summed E-state index contributed by atoms with van der Waals surface area (Å²) in [4.78, 5) is 3.65. The Morgan fingerprint density at radius 3 is 2.58 bits per heavy atom. The summed E-state index contributed by atoms with van der Waals surface area (Å²) >= 11 is 0. The van der Waals surface area contributed by atoms with Crippen molar-refractivity contribution < 1.29 is 13.2 Å². The van der Waals surface area contributed by atoms with Crippen molar-refractivity contribution in [2.75, 3.05) is 6.54 Å². The predicted molar refractivity (Wildman–Crippen MR) is 36.6 cm³/mol. The van der Waals surface area contributed by atoms with Crippen molar-refractivity contribution in [2.45, 2.75) is 12.6 Å². The third-order valence-corrected chi connectivity index (χ3v) is 1.84. The number of halogens is 3. The molecule has 0 spiro atoms. The molecule has 0 fully saturated rings. The molecule has 0 saturated heterocycles. The Kier molecular flexibility index (Phi) is 2.36. The van der Waals surface area contributed by atoms with E-state index in [1.807, 2.05) is 0 Å². The van der Waals surface area contributed by atoms with Crippen LogP contribution in [0.1, 0.15) is 6.42 Å². The van der Waals surface area contributed by atoms with E-state index >= 15 is 0 Å². The molecule has 0 saturated carbocycles. The van der Waals surface area contributed by atoms with Gasteiger partial charge in [-0.25, -0.2) is 0 Å². The van der Waals surface area contributed by atoms with Crippen molar-refractivity contribution in [2.24, 2.45) is 16.8 Å². The molecule has 1 rings (SSSR count). The number of hydrogen-bond acceptors (Lipinski definition) is 2. The molecule has 1 aliphatic rings. The van der Waals surface area contributed by atoms with Crippen LogP contribution in [0.25, 0.3) is 0 Å². The highest BCUT2D eigenvalue weighted by molar-refractivity contribution is 5.65. The topological polar surface area (TPSA) is 36.1 Å². The molecule has 0 N–H and O–H groups in total. The molecule has 66 valence electrons. The van der Waals surface area contributed by atoms with E-state index in [9.17, 15) is 13.2 Å². The molecule has 0 aromatic heterocycles. The molecule has 12 heavy (non-hydrogen) atoms. The molecule has 0 amide bonds. The Labute approximate surface area is 67.7 Å². The smallest absolute Gasteiger partial charge is 0.296 e.